The number of piperazine rings is 1. The number of nitrogens with one attached hydrogen (secondary N) is 1. The first-order chi connectivity index (χ1) is 10.6. The fraction of sp³-hybridized carbons (Fsp3) is 0.562. The van der Waals surface area contributed by atoms with Gasteiger partial charge in [-0.25, -0.2) is 0 Å². The number of carbonyl (C=O) groups excluding carboxylic acids is 1. The highest BCUT2D eigenvalue weighted by atomic mass is 35.5. The lowest BCUT2D eigenvalue weighted by atomic mass is 10.0. The highest BCUT2D eigenvalue weighted by molar-refractivity contribution is 6.42. The summed E-state index contributed by atoms with van der Waals surface area (Å²) in [5.74, 6) is 0.130. The molecule has 0 radical (unpaired) electrons. The molecule has 1 fully saturated rings. The number of hydrogen-bond acceptors (Lipinski definition) is 3. The molecule has 122 valence electrons. The summed E-state index contributed by atoms with van der Waals surface area (Å²) in [4.78, 5) is 17.1. The quantitative estimate of drug-likeness (QED) is 0.892. The van der Waals surface area contributed by atoms with Crippen LogP contribution in [0.3, 0.4) is 0 Å². The van der Waals surface area contributed by atoms with Gasteiger partial charge in [0, 0.05) is 39.3 Å². The van der Waals surface area contributed by atoms with Crippen LogP contribution in [-0.4, -0.2) is 55.0 Å². The third-order valence-electron chi connectivity index (χ3n) is 4.09. The molecule has 6 heteroatoms. The van der Waals surface area contributed by atoms with Crippen molar-refractivity contribution in [2.75, 3.05) is 39.3 Å². The van der Waals surface area contributed by atoms with Crippen LogP contribution < -0.4 is 5.32 Å². The second kappa shape index (κ2) is 8.16. The van der Waals surface area contributed by atoms with Gasteiger partial charge in [0.05, 0.1) is 10.0 Å². The Morgan fingerprint density at radius 3 is 2.41 bits per heavy atom. The van der Waals surface area contributed by atoms with E-state index in [1.165, 1.54) is 0 Å². The molecule has 1 aliphatic heterocycles. The lowest BCUT2D eigenvalue weighted by Gasteiger charge is -2.36. The summed E-state index contributed by atoms with van der Waals surface area (Å²) in [6.07, 6.45) is 0. The third kappa shape index (κ3) is 3.93. The van der Waals surface area contributed by atoms with Crippen LogP contribution in [0.1, 0.15) is 25.5 Å². The van der Waals surface area contributed by atoms with Crippen molar-refractivity contribution < 1.29 is 4.79 Å². The van der Waals surface area contributed by atoms with Gasteiger partial charge in [0.15, 0.2) is 0 Å². The number of amides is 1. The predicted molar refractivity (Wildman–Crippen MR) is 91.6 cm³/mol. The lowest BCUT2D eigenvalue weighted by Crippen LogP contribution is -2.50. The molecule has 0 spiro atoms. The van der Waals surface area contributed by atoms with Crippen molar-refractivity contribution in [1.29, 1.82) is 0 Å². The van der Waals surface area contributed by atoms with Crippen molar-refractivity contribution in [3.63, 3.8) is 0 Å². The molecule has 1 unspecified atom stereocenters. The molecular weight excluding hydrogens is 321 g/mol. The van der Waals surface area contributed by atoms with Crippen molar-refractivity contribution in [1.82, 2.24) is 15.1 Å². The van der Waals surface area contributed by atoms with E-state index >= 15 is 0 Å². The Labute approximate surface area is 142 Å². The number of hydrogen-bond donors (Lipinski definition) is 1. The first kappa shape index (κ1) is 17.5. The Hall–Kier alpha value is -0.810. The predicted octanol–water partition coefficient (Wildman–Crippen LogP) is 2.81. The maximum Gasteiger partial charge on any atom is 0.244 e. The van der Waals surface area contributed by atoms with E-state index < -0.39 is 0 Å². The van der Waals surface area contributed by atoms with Crippen LogP contribution >= 0.6 is 23.2 Å². The molecule has 1 aromatic carbocycles. The van der Waals surface area contributed by atoms with Crippen molar-refractivity contribution in [3.8, 4) is 0 Å². The Balaban J connectivity index is 2.35. The third-order valence-corrected chi connectivity index (χ3v) is 4.82. The highest BCUT2D eigenvalue weighted by Gasteiger charge is 2.31. The fourth-order valence-corrected chi connectivity index (χ4v) is 3.15. The Kier molecular flexibility index (Phi) is 6.50. The molecule has 0 saturated carbocycles. The summed E-state index contributed by atoms with van der Waals surface area (Å²) in [5.41, 5.74) is 0.910. The fourth-order valence-electron chi connectivity index (χ4n) is 2.84. The Morgan fingerprint density at radius 1 is 1.23 bits per heavy atom. The summed E-state index contributed by atoms with van der Waals surface area (Å²) < 4.78 is 0. The molecule has 1 amide bonds. The molecule has 1 atom stereocenters. The summed E-state index contributed by atoms with van der Waals surface area (Å²) in [6.45, 7) is 8.90. The van der Waals surface area contributed by atoms with E-state index in [1.807, 2.05) is 30.9 Å². The number of halogens is 2. The van der Waals surface area contributed by atoms with Crippen molar-refractivity contribution >= 4 is 29.1 Å². The standard InChI is InChI=1S/C16H23Cl2N3O/c1-3-20(4-2)16(22)15(21-9-7-19-8-10-21)12-5-6-13(17)14(18)11-12/h5-6,11,15,19H,3-4,7-10H2,1-2H3. The minimum Gasteiger partial charge on any atom is -0.342 e. The Morgan fingerprint density at radius 2 is 1.86 bits per heavy atom. The van der Waals surface area contributed by atoms with Crippen LogP contribution in [0.25, 0.3) is 0 Å². The maximum atomic E-state index is 13.0. The van der Waals surface area contributed by atoms with E-state index in [9.17, 15) is 4.79 Å². The van der Waals surface area contributed by atoms with Gasteiger partial charge in [-0.15, -0.1) is 0 Å². The second-order valence-corrected chi connectivity index (χ2v) is 6.19. The molecule has 22 heavy (non-hydrogen) atoms. The van der Waals surface area contributed by atoms with Gasteiger partial charge < -0.3 is 10.2 Å². The second-order valence-electron chi connectivity index (χ2n) is 5.37. The van der Waals surface area contributed by atoms with Gasteiger partial charge >= 0.3 is 0 Å². The number of benzene rings is 1. The molecule has 1 saturated heterocycles. The molecule has 1 heterocycles. The van der Waals surface area contributed by atoms with E-state index in [0.717, 1.165) is 31.7 Å². The lowest BCUT2D eigenvalue weighted by molar-refractivity contribution is -0.137. The molecule has 2 rings (SSSR count). The van der Waals surface area contributed by atoms with E-state index in [1.54, 1.807) is 6.07 Å². The average Bonchev–Trinajstić information content (AvgIpc) is 2.53. The smallest absolute Gasteiger partial charge is 0.244 e. The van der Waals surface area contributed by atoms with Gasteiger partial charge in [-0.1, -0.05) is 29.3 Å². The number of carbonyl (C=O) groups is 1. The monoisotopic (exact) mass is 343 g/mol. The van der Waals surface area contributed by atoms with Gasteiger partial charge in [0.1, 0.15) is 6.04 Å². The summed E-state index contributed by atoms with van der Waals surface area (Å²) in [7, 11) is 0. The zero-order valence-corrected chi connectivity index (χ0v) is 14.6. The van der Waals surface area contributed by atoms with Crippen LogP contribution in [0.15, 0.2) is 18.2 Å². The van der Waals surface area contributed by atoms with Crippen molar-refractivity contribution in [2.24, 2.45) is 0 Å². The van der Waals surface area contributed by atoms with Crippen LogP contribution in [-0.2, 0) is 4.79 Å². The summed E-state index contributed by atoms with van der Waals surface area (Å²) in [6, 6.07) is 5.20. The summed E-state index contributed by atoms with van der Waals surface area (Å²) in [5, 5.41) is 4.33. The molecule has 0 aromatic heterocycles. The van der Waals surface area contributed by atoms with Crippen LogP contribution in [0.2, 0.25) is 10.0 Å². The molecule has 0 bridgehead atoms. The van der Waals surface area contributed by atoms with E-state index in [4.69, 9.17) is 23.2 Å². The van der Waals surface area contributed by atoms with Gasteiger partial charge in [-0.05, 0) is 31.5 Å². The first-order valence-electron chi connectivity index (χ1n) is 7.77. The van der Waals surface area contributed by atoms with E-state index in [-0.39, 0.29) is 11.9 Å². The highest BCUT2D eigenvalue weighted by Crippen LogP contribution is 2.30. The molecule has 1 N–H and O–H groups in total. The Bertz CT molecular complexity index is 514. The topological polar surface area (TPSA) is 35.6 Å². The molecule has 1 aromatic rings. The zero-order chi connectivity index (χ0) is 16.1. The largest absolute Gasteiger partial charge is 0.342 e. The summed E-state index contributed by atoms with van der Waals surface area (Å²) >= 11 is 12.2. The maximum absolute atomic E-state index is 13.0. The molecule has 1 aliphatic rings. The minimum atomic E-state index is -0.295. The number of likely N-dealkylation sites (N-methyl/N-ethyl adjacent to an activating group) is 1. The number of nitrogens with zero attached hydrogens (tertiary/aromatic N) is 2. The van der Waals surface area contributed by atoms with Crippen molar-refractivity contribution in [2.45, 2.75) is 19.9 Å². The molecule has 4 nitrogen and oxygen atoms in total. The average molecular weight is 344 g/mol. The number of rotatable bonds is 5. The van der Waals surface area contributed by atoms with Crippen LogP contribution in [0.4, 0.5) is 0 Å². The SMILES string of the molecule is CCN(CC)C(=O)C(c1ccc(Cl)c(Cl)c1)N1CCNCC1. The van der Waals surface area contributed by atoms with Crippen LogP contribution in [0, 0.1) is 0 Å². The molecular formula is C16H23Cl2N3O. The van der Waals surface area contributed by atoms with Gasteiger partial charge in [-0.3, -0.25) is 9.69 Å². The van der Waals surface area contributed by atoms with Gasteiger partial charge in [-0.2, -0.15) is 0 Å². The normalized spacial score (nSPS) is 17.3. The molecule has 0 aliphatic carbocycles. The minimum absolute atomic E-state index is 0.130. The van der Waals surface area contributed by atoms with Crippen LogP contribution in [0.5, 0.6) is 0 Å². The zero-order valence-electron chi connectivity index (χ0n) is 13.1. The van der Waals surface area contributed by atoms with Crippen molar-refractivity contribution in [3.05, 3.63) is 33.8 Å². The van der Waals surface area contributed by atoms with Gasteiger partial charge in [0.2, 0.25) is 5.91 Å². The van der Waals surface area contributed by atoms with Gasteiger partial charge in [0.25, 0.3) is 0 Å². The first-order valence-corrected chi connectivity index (χ1v) is 8.52. The van der Waals surface area contributed by atoms with E-state index in [0.29, 0.717) is 23.1 Å². The van der Waals surface area contributed by atoms with E-state index in [2.05, 4.69) is 10.2 Å².